The fourth-order valence-electron chi connectivity index (χ4n) is 4.02. The molecule has 2 fully saturated rings. The molecule has 10 nitrogen and oxygen atoms in total. The van der Waals surface area contributed by atoms with Crippen LogP contribution in [0, 0.1) is 0 Å². The van der Waals surface area contributed by atoms with E-state index in [0.717, 1.165) is 17.7 Å². The average Bonchev–Trinajstić information content (AvgIpc) is 3.52. The largest absolute Gasteiger partial charge is 0.456 e. The van der Waals surface area contributed by atoms with Gasteiger partial charge in [-0.3, -0.25) is 24.7 Å². The van der Waals surface area contributed by atoms with E-state index in [2.05, 4.69) is 20.4 Å². The first kappa shape index (κ1) is 20.1. The molecular weight excluding hydrogens is 412 g/mol. The van der Waals surface area contributed by atoms with Crippen molar-refractivity contribution in [2.75, 3.05) is 18.5 Å². The number of imide groups is 1. The van der Waals surface area contributed by atoms with Gasteiger partial charge in [-0.25, -0.2) is 9.78 Å². The summed E-state index contributed by atoms with van der Waals surface area (Å²) < 4.78 is 13.2. The quantitative estimate of drug-likeness (QED) is 0.672. The molecule has 0 saturated carbocycles. The zero-order valence-corrected chi connectivity index (χ0v) is 17.5. The number of amides is 3. The Morgan fingerprint density at radius 3 is 2.81 bits per heavy atom. The molecule has 5 rings (SSSR count). The first-order valence-corrected chi connectivity index (χ1v) is 10.4. The van der Waals surface area contributed by atoms with Crippen molar-refractivity contribution < 1.29 is 19.1 Å². The molecule has 2 aliphatic heterocycles. The highest BCUT2D eigenvalue weighted by atomic mass is 16.5. The zero-order valence-electron chi connectivity index (χ0n) is 17.5. The number of hydrogen-bond acceptors (Lipinski definition) is 7. The van der Waals surface area contributed by atoms with Gasteiger partial charge in [-0.15, -0.1) is 0 Å². The maximum atomic E-state index is 12.6. The van der Waals surface area contributed by atoms with Crippen molar-refractivity contribution in [3.05, 3.63) is 49.1 Å². The minimum atomic E-state index is -0.818. The second kappa shape index (κ2) is 8.04. The molecule has 1 atom stereocenters. The Kier molecular flexibility index (Phi) is 5.06. The molecule has 164 valence electrons. The molecule has 10 heteroatoms. The number of hydrogen-bond donors (Lipinski definition) is 1. The average molecular weight is 434 g/mol. The van der Waals surface area contributed by atoms with Crippen LogP contribution in [0.1, 0.15) is 19.3 Å². The summed E-state index contributed by atoms with van der Waals surface area (Å²) in [5.41, 5.74) is 0.809. The highest BCUT2D eigenvalue weighted by Crippen LogP contribution is 2.36. The molecule has 2 aliphatic rings. The van der Waals surface area contributed by atoms with Gasteiger partial charge in [-0.2, -0.15) is 5.10 Å². The predicted molar refractivity (Wildman–Crippen MR) is 114 cm³/mol. The Bertz CT molecular complexity index is 1150. The normalized spacial score (nSPS) is 20.2. The van der Waals surface area contributed by atoms with Crippen LogP contribution in [0.4, 0.5) is 10.6 Å². The molecule has 3 amide bonds. The number of carbonyl (C=O) groups is 2. The molecule has 32 heavy (non-hydrogen) atoms. The summed E-state index contributed by atoms with van der Waals surface area (Å²) in [6, 6.07) is 6.37. The van der Waals surface area contributed by atoms with E-state index in [9.17, 15) is 9.59 Å². The van der Waals surface area contributed by atoms with Crippen LogP contribution in [0.3, 0.4) is 0 Å². The second-order valence-corrected chi connectivity index (χ2v) is 7.84. The number of nitrogens with one attached hydrogen (secondary N) is 1. The van der Waals surface area contributed by atoms with Crippen LogP contribution >= 0.6 is 0 Å². The molecule has 1 N–H and O–H groups in total. The number of rotatable bonds is 4. The summed E-state index contributed by atoms with van der Waals surface area (Å²) in [6.45, 7) is 0.901. The van der Waals surface area contributed by atoms with Crippen LogP contribution in [0.5, 0.6) is 11.5 Å². The number of aromatic nitrogens is 4. The van der Waals surface area contributed by atoms with E-state index in [1.54, 1.807) is 35.3 Å². The summed E-state index contributed by atoms with van der Waals surface area (Å²) in [5.74, 6) is 1.16. The van der Waals surface area contributed by atoms with E-state index in [1.165, 1.54) is 11.1 Å². The van der Waals surface area contributed by atoms with Crippen molar-refractivity contribution in [1.29, 1.82) is 0 Å². The lowest BCUT2D eigenvalue weighted by molar-refractivity contribution is -0.142. The highest BCUT2D eigenvalue weighted by Gasteiger charge is 2.51. The molecule has 2 saturated heterocycles. The van der Waals surface area contributed by atoms with Crippen molar-refractivity contribution in [2.24, 2.45) is 7.05 Å². The Hall–Kier alpha value is -3.79. The Morgan fingerprint density at radius 1 is 1.19 bits per heavy atom. The standard InChI is InChI=1S/C22H22N6O4/c1-27-14-15(12-25-27)18-11-16(5-8-23-18)32-17-3-4-19(24-13-17)26-21(30)28-9-7-22(20(28)29)6-2-10-31-22/h3-5,8,11-14H,2,6-7,9-10H2,1H3,(H,24,26,30). The lowest BCUT2D eigenvalue weighted by Gasteiger charge is -2.21. The van der Waals surface area contributed by atoms with Crippen molar-refractivity contribution in [1.82, 2.24) is 24.6 Å². The van der Waals surface area contributed by atoms with E-state index in [0.29, 0.717) is 43.3 Å². The molecule has 3 aromatic heterocycles. The summed E-state index contributed by atoms with van der Waals surface area (Å²) in [4.78, 5) is 35.0. The number of anilines is 1. The third-order valence-electron chi connectivity index (χ3n) is 5.66. The lowest BCUT2D eigenvalue weighted by Crippen LogP contribution is -2.43. The molecule has 0 aliphatic carbocycles. The van der Waals surface area contributed by atoms with E-state index in [-0.39, 0.29) is 5.91 Å². The number of pyridine rings is 2. The number of urea groups is 1. The fraction of sp³-hybridized carbons (Fsp3) is 0.318. The maximum Gasteiger partial charge on any atom is 0.329 e. The Morgan fingerprint density at radius 2 is 2.09 bits per heavy atom. The molecule has 0 aromatic carbocycles. The Labute approximate surface area is 184 Å². The van der Waals surface area contributed by atoms with Gasteiger partial charge in [-0.1, -0.05) is 0 Å². The van der Waals surface area contributed by atoms with E-state index >= 15 is 0 Å². The van der Waals surface area contributed by atoms with Gasteiger partial charge in [0, 0.05) is 50.6 Å². The Balaban J connectivity index is 1.22. The van der Waals surface area contributed by atoms with Gasteiger partial charge >= 0.3 is 6.03 Å². The second-order valence-electron chi connectivity index (χ2n) is 7.84. The van der Waals surface area contributed by atoms with E-state index in [1.807, 2.05) is 19.3 Å². The first-order chi connectivity index (χ1) is 15.5. The molecule has 5 heterocycles. The number of nitrogens with zero attached hydrogens (tertiary/aromatic N) is 5. The third-order valence-corrected chi connectivity index (χ3v) is 5.66. The number of ether oxygens (including phenoxy) is 2. The smallest absolute Gasteiger partial charge is 0.329 e. The minimum Gasteiger partial charge on any atom is -0.456 e. The number of aryl methyl sites for hydroxylation is 1. The topological polar surface area (TPSA) is 111 Å². The van der Waals surface area contributed by atoms with Gasteiger partial charge in [0.05, 0.1) is 18.1 Å². The van der Waals surface area contributed by atoms with E-state index < -0.39 is 11.6 Å². The summed E-state index contributed by atoms with van der Waals surface area (Å²) in [6.07, 6.45) is 8.81. The molecule has 3 aromatic rings. The van der Waals surface area contributed by atoms with Gasteiger partial charge < -0.3 is 9.47 Å². The molecule has 1 unspecified atom stereocenters. The van der Waals surface area contributed by atoms with Crippen LogP contribution in [0.2, 0.25) is 0 Å². The molecule has 1 spiro atoms. The van der Waals surface area contributed by atoms with Crippen molar-refractivity contribution in [2.45, 2.75) is 24.9 Å². The number of likely N-dealkylation sites (tertiary alicyclic amines) is 1. The SMILES string of the molecule is Cn1cc(-c2cc(Oc3ccc(NC(=O)N4CCC5(CCCO5)C4=O)nc3)ccn2)cn1. The highest BCUT2D eigenvalue weighted by molar-refractivity contribution is 6.05. The van der Waals surface area contributed by atoms with Gasteiger partial charge in [0.2, 0.25) is 0 Å². The van der Waals surface area contributed by atoms with Crippen LogP contribution < -0.4 is 10.1 Å². The fourth-order valence-corrected chi connectivity index (χ4v) is 4.02. The van der Waals surface area contributed by atoms with Crippen LogP contribution in [0.15, 0.2) is 49.1 Å². The lowest BCUT2D eigenvalue weighted by atomic mass is 9.99. The van der Waals surface area contributed by atoms with Gasteiger partial charge in [-0.05, 0) is 31.0 Å². The van der Waals surface area contributed by atoms with Gasteiger partial charge in [0.15, 0.2) is 0 Å². The van der Waals surface area contributed by atoms with Gasteiger partial charge in [0.1, 0.15) is 22.9 Å². The maximum absolute atomic E-state index is 12.6. The van der Waals surface area contributed by atoms with Crippen LogP contribution in [-0.2, 0) is 16.6 Å². The monoisotopic (exact) mass is 434 g/mol. The molecule has 0 bridgehead atoms. The van der Waals surface area contributed by atoms with Crippen molar-refractivity contribution >= 4 is 17.8 Å². The third kappa shape index (κ3) is 3.80. The van der Waals surface area contributed by atoms with E-state index in [4.69, 9.17) is 9.47 Å². The minimum absolute atomic E-state index is 0.269. The molecule has 0 radical (unpaired) electrons. The van der Waals surface area contributed by atoms with Crippen molar-refractivity contribution in [3.63, 3.8) is 0 Å². The first-order valence-electron chi connectivity index (χ1n) is 10.4. The summed E-state index contributed by atoms with van der Waals surface area (Å²) in [7, 11) is 1.84. The van der Waals surface area contributed by atoms with Crippen LogP contribution in [0.25, 0.3) is 11.3 Å². The van der Waals surface area contributed by atoms with Crippen LogP contribution in [-0.4, -0.2) is 55.3 Å². The number of carbonyl (C=O) groups excluding carboxylic acids is 2. The summed E-state index contributed by atoms with van der Waals surface area (Å²) in [5, 5.41) is 6.82. The molecular formula is C22H22N6O4. The van der Waals surface area contributed by atoms with Gasteiger partial charge in [0.25, 0.3) is 5.91 Å². The van der Waals surface area contributed by atoms with Crippen molar-refractivity contribution in [3.8, 4) is 22.8 Å². The predicted octanol–water partition coefficient (Wildman–Crippen LogP) is 2.98. The zero-order chi connectivity index (χ0) is 22.1. The summed E-state index contributed by atoms with van der Waals surface area (Å²) >= 11 is 0.